The normalized spacial score (nSPS) is 12.3. The van der Waals surface area contributed by atoms with Crippen LogP contribution in [-0.2, 0) is 11.2 Å². The molecule has 3 N–H and O–H groups in total. The fourth-order valence-electron chi connectivity index (χ4n) is 1.57. The van der Waals surface area contributed by atoms with Crippen molar-refractivity contribution in [3.8, 4) is 0 Å². The van der Waals surface area contributed by atoms with E-state index in [1.54, 1.807) is 0 Å². The molecule has 0 aliphatic heterocycles. The molecule has 0 saturated heterocycles. The predicted molar refractivity (Wildman–Crippen MR) is 59.6 cm³/mol. The molecule has 1 atom stereocenters. The smallest absolute Gasteiger partial charge is 0.303 e. The third-order valence-corrected chi connectivity index (χ3v) is 2.48. The van der Waals surface area contributed by atoms with Crippen molar-refractivity contribution in [3.63, 3.8) is 0 Å². The molecule has 0 aliphatic carbocycles. The monoisotopic (exact) mass is 207 g/mol. The molecule has 82 valence electrons. The first kappa shape index (κ1) is 11.7. The van der Waals surface area contributed by atoms with Crippen LogP contribution in [0.25, 0.3) is 0 Å². The molecule has 0 saturated carbocycles. The van der Waals surface area contributed by atoms with Crippen molar-refractivity contribution >= 4 is 5.97 Å². The van der Waals surface area contributed by atoms with Crippen LogP contribution in [0.2, 0.25) is 0 Å². The lowest BCUT2D eigenvalue weighted by Gasteiger charge is -2.11. The van der Waals surface area contributed by atoms with Crippen molar-refractivity contribution in [1.82, 2.24) is 0 Å². The molecule has 15 heavy (non-hydrogen) atoms. The zero-order chi connectivity index (χ0) is 11.1. The highest BCUT2D eigenvalue weighted by Gasteiger charge is 2.11. The van der Waals surface area contributed by atoms with Crippen molar-refractivity contribution in [2.24, 2.45) is 11.7 Å². The average Bonchev–Trinajstić information content (AvgIpc) is 2.25. The fourth-order valence-corrected chi connectivity index (χ4v) is 1.57. The second-order valence-electron chi connectivity index (χ2n) is 3.72. The quantitative estimate of drug-likeness (QED) is 0.745. The summed E-state index contributed by atoms with van der Waals surface area (Å²) in [6.07, 6.45) is 1.91. The van der Waals surface area contributed by atoms with E-state index < -0.39 is 5.97 Å². The average molecular weight is 207 g/mol. The highest BCUT2D eigenvalue weighted by molar-refractivity contribution is 5.67. The van der Waals surface area contributed by atoms with Gasteiger partial charge in [-0.1, -0.05) is 30.3 Å². The summed E-state index contributed by atoms with van der Waals surface area (Å²) in [4.78, 5) is 10.5. The molecule has 0 unspecified atom stereocenters. The molecule has 0 heterocycles. The Bertz CT molecular complexity index is 298. The number of carbonyl (C=O) groups is 1. The molecule has 0 amide bonds. The number of carboxylic acid groups (broad SMARTS) is 1. The van der Waals surface area contributed by atoms with E-state index >= 15 is 0 Å². The number of nitrogens with two attached hydrogens (primary N) is 1. The maximum atomic E-state index is 10.5. The van der Waals surface area contributed by atoms with Gasteiger partial charge >= 0.3 is 5.97 Å². The van der Waals surface area contributed by atoms with Gasteiger partial charge in [-0.3, -0.25) is 4.79 Å². The first-order valence-corrected chi connectivity index (χ1v) is 5.18. The molecule has 0 aromatic heterocycles. The summed E-state index contributed by atoms with van der Waals surface area (Å²) in [5.74, 6) is -0.679. The minimum Gasteiger partial charge on any atom is -0.481 e. The minimum atomic E-state index is -0.765. The maximum absolute atomic E-state index is 10.5. The van der Waals surface area contributed by atoms with E-state index in [-0.39, 0.29) is 12.3 Å². The van der Waals surface area contributed by atoms with E-state index in [9.17, 15) is 4.79 Å². The molecule has 1 aromatic rings. The Morgan fingerprint density at radius 1 is 1.33 bits per heavy atom. The summed E-state index contributed by atoms with van der Waals surface area (Å²) in [7, 11) is 0. The standard InChI is InChI=1S/C12H17NO2/c13-9-11(8-12(14)15)7-6-10-4-2-1-3-5-10/h1-5,11H,6-9,13H2,(H,14,15)/t11-/m1/s1. The van der Waals surface area contributed by atoms with Gasteiger partial charge in [-0.15, -0.1) is 0 Å². The lowest BCUT2D eigenvalue weighted by atomic mass is 9.97. The van der Waals surface area contributed by atoms with Gasteiger partial charge in [0.25, 0.3) is 0 Å². The topological polar surface area (TPSA) is 63.3 Å². The van der Waals surface area contributed by atoms with Crippen LogP contribution in [0.4, 0.5) is 0 Å². The number of carboxylic acids is 1. The van der Waals surface area contributed by atoms with E-state index in [2.05, 4.69) is 0 Å². The van der Waals surface area contributed by atoms with Crippen LogP contribution in [0.1, 0.15) is 18.4 Å². The van der Waals surface area contributed by atoms with E-state index in [0.717, 1.165) is 12.8 Å². The van der Waals surface area contributed by atoms with Gasteiger partial charge in [-0.05, 0) is 30.9 Å². The van der Waals surface area contributed by atoms with E-state index in [1.807, 2.05) is 30.3 Å². The first-order valence-electron chi connectivity index (χ1n) is 5.18. The van der Waals surface area contributed by atoms with Crippen LogP contribution in [0, 0.1) is 5.92 Å². The highest BCUT2D eigenvalue weighted by Crippen LogP contribution is 2.12. The minimum absolute atomic E-state index is 0.0858. The Morgan fingerprint density at radius 2 is 2.00 bits per heavy atom. The number of aryl methyl sites for hydroxylation is 1. The largest absolute Gasteiger partial charge is 0.481 e. The summed E-state index contributed by atoms with van der Waals surface area (Å²) in [6, 6.07) is 10.1. The molecule has 0 bridgehead atoms. The molecular formula is C12H17NO2. The van der Waals surface area contributed by atoms with Gasteiger partial charge in [0.15, 0.2) is 0 Å². The van der Waals surface area contributed by atoms with Gasteiger partial charge in [0.1, 0.15) is 0 Å². The number of rotatable bonds is 6. The number of benzene rings is 1. The Kier molecular flexibility index (Phi) is 4.84. The summed E-state index contributed by atoms with van der Waals surface area (Å²) in [6.45, 7) is 0.444. The fraction of sp³-hybridized carbons (Fsp3) is 0.417. The second kappa shape index (κ2) is 6.19. The van der Waals surface area contributed by atoms with Crippen LogP contribution in [-0.4, -0.2) is 17.6 Å². The first-order chi connectivity index (χ1) is 7.22. The Balaban J connectivity index is 2.37. The van der Waals surface area contributed by atoms with Gasteiger partial charge < -0.3 is 10.8 Å². The maximum Gasteiger partial charge on any atom is 0.303 e. The highest BCUT2D eigenvalue weighted by atomic mass is 16.4. The van der Waals surface area contributed by atoms with Crippen LogP contribution < -0.4 is 5.73 Å². The number of hydrogen-bond donors (Lipinski definition) is 2. The Hall–Kier alpha value is -1.35. The number of aliphatic carboxylic acids is 1. The summed E-state index contributed by atoms with van der Waals surface area (Å²) in [5.41, 5.74) is 6.76. The zero-order valence-corrected chi connectivity index (χ0v) is 8.73. The van der Waals surface area contributed by atoms with Gasteiger partial charge in [-0.25, -0.2) is 0 Å². The third-order valence-electron chi connectivity index (χ3n) is 2.48. The summed E-state index contributed by atoms with van der Waals surface area (Å²) in [5, 5.41) is 8.66. The van der Waals surface area contributed by atoms with Crippen molar-refractivity contribution in [2.45, 2.75) is 19.3 Å². The third kappa shape index (κ3) is 4.61. The predicted octanol–water partition coefficient (Wildman–Crippen LogP) is 1.67. The van der Waals surface area contributed by atoms with Crippen LogP contribution >= 0.6 is 0 Å². The molecular weight excluding hydrogens is 190 g/mol. The van der Waals surface area contributed by atoms with Gasteiger partial charge in [-0.2, -0.15) is 0 Å². The van der Waals surface area contributed by atoms with Crippen LogP contribution in [0.5, 0.6) is 0 Å². The lowest BCUT2D eigenvalue weighted by Crippen LogP contribution is -2.18. The van der Waals surface area contributed by atoms with E-state index in [4.69, 9.17) is 10.8 Å². The Morgan fingerprint density at radius 3 is 2.53 bits per heavy atom. The van der Waals surface area contributed by atoms with Crippen LogP contribution in [0.15, 0.2) is 30.3 Å². The zero-order valence-electron chi connectivity index (χ0n) is 8.73. The molecule has 0 fully saturated rings. The summed E-state index contributed by atoms with van der Waals surface area (Å²) < 4.78 is 0. The van der Waals surface area contributed by atoms with Gasteiger partial charge in [0.2, 0.25) is 0 Å². The van der Waals surface area contributed by atoms with Crippen molar-refractivity contribution in [2.75, 3.05) is 6.54 Å². The molecule has 1 rings (SSSR count). The summed E-state index contributed by atoms with van der Waals surface area (Å²) >= 11 is 0. The van der Waals surface area contributed by atoms with Gasteiger partial charge in [0, 0.05) is 6.42 Å². The molecule has 0 radical (unpaired) electrons. The molecule has 1 aromatic carbocycles. The number of hydrogen-bond acceptors (Lipinski definition) is 2. The van der Waals surface area contributed by atoms with E-state index in [1.165, 1.54) is 5.56 Å². The Labute approximate surface area is 89.9 Å². The molecule has 0 spiro atoms. The lowest BCUT2D eigenvalue weighted by molar-refractivity contribution is -0.138. The SMILES string of the molecule is NC[C@H](CCc1ccccc1)CC(=O)O. The van der Waals surface area contributed by atoms with Crippen molar-refractivity contribution in [1.29, 1.82) is 0 Å². The van der Waals surface area contributed by atoms with E-state index in [0.29, 0.717) is 6.54 Å². The second-order valence-corrected chi connectivity index (χ2v) is 3.72. The molecule has 0 aliphatic rings. The molecule has 3 heteroatoms. The molecule has 3 nitrogen and oxygen atoms in total. The van der Waals surface area contributed by atoms with Crippen LogP contribution in [0.3, 0.4) is 0 Å². The van der Waals surface area contributed by atoms with Crippen molar-refractivity contribution < 1.29 is 9.90 Å². The van der Waals surface area contributed by atoms with Gasteiger partial charge in [0.05, 0.1) is 0 Å². The van der Waals surface area contributed by atoms with Crippen molar-refractivity contribution in [3.05, 3.63) is 35.9 Å².